The fraction of sp³-hybridized carbons (Fsp3) is 0.500. The van der Waals surface area contributed by atoms with E-state index in [9.17, 15) is 9.59 Å². The van der Waals surface area contributed by atoms with Gasteiger partial charge in [0.25, 0.3) is 0 Å². The standard InChI is InChI=1S/C16H21NO3/c1-12(14-5-3-2-4-6-14)16(20)17-10-9-13(11-17)7-8-15(18)19/h2-6,12-13H,7-11H2,1H3,(H,18,19). The van der Waals surface area contributed by atoms with Gasteiger partial charge in [0, 0.05) is 19.5 Å². The molecule has 1 N–H and O–H groups in total. The molecular weight excluding hydrogens is 254 g/mol. The normalized spacial score (nSPS) is 19.9. The summed E-state index contributed by atoms with van der Waals surface area (Å²) < 4.78 is 0. The van der Waals surface area contributed by atoms with Gasteiger partial charge in [0.15, 0.2) is 0 Å². The Morgan fingerprint density at radius 3 is 2.70 bits per heavy atom. The SMILES string of the molecule is CC(C(=O)N1CCC(CCC(=O)O)C1)c1ccccc1. The molecule has 1 amide bonds. The molecule has 1 aliphatic heterocycles. The molecule has 1 heterocycles. The van der Waals surface area contributed by atoms with Gasteiger partial charge in [-0.3, -0.25) is 9.59 Å². The number of carboxylic acids is 1. The Bertz CT molecular complexity index is 472. The van der Waals surface area contributed by atoms with E-state index in [-0.39, 0.29) is 18.2 Å². The van der Waals surface area contributed by atoms with E-state index in [4.69, 9.17) is 5.11 Å². The zero-order valence-electron chi connectivity index (χ0n) is 11.8. The average molecular weight is 275 g/mol. The first-order chi connectivity index (χ1) is 9.58. The number of carboxylic acid groups (broad SMARTS) is 1. The van der Waals surface area contributed by atoms with Crippen LogP contribution in [0.15, 0.2) is 30.3 Å². The van der Waals surface area contributed by atoms with Gasteiger partial charge in [0.2, 0.25) is 5.91 Å². The number of carbonyl (C=O) groups excluding carboxylic acids is 1. The van der Waals surface area contributed by atoms with Gasteiger partial charge in [0.1, 0.15) is 0 Å². The van der Waals surface area contributed by atoms with E-state index in [0.29, 0.717) is 18.9 Å². The molecule has 1 fully saturated rings. The van der Waals surface area contributed by atoms with Gasteiger partial charge in [-0.1, -0.05) is 30.3 Å². The molecule has 2 rings (SSSR count). The second-order valence-corrected chi connectivity index (χ2v) is 5.50. The van der Waals surface area contributed by atoms with Crippen molar-refractivity contribution >= 4 is 11.9 Å². The van der Waals surface area contributed by atoms with Crippen molar-refractivity contribution in [2.75, 3.05) is 13.1 Å². The Hall–Kier alpha value is -1.84. The predicted molar refractivity (Wildman–Crippen MR) is 76.4 cm³/mol. The Balaban J connectivity index is 1.89. The van der Waals surface area contributed by atoms with E-state index < -0.39 is 5.97 Å². The van der Waals surface area contributed by atoms with Crippen molar-refractivity contribution in [2.24, 2.45) is 5.92 Å². The highest BCUT2D eigenvalue weighted by molar-refractivity contribution is 5.83. The van der Waals surface area contributed by atoms with Crippen LogP contribution >= 0.6 is 0 Å². The van der Waals surface area contributed by atoms with Crippen LogP contribution in [-0.2, 0) is 9.59 Å². The Kier molecular flexibility index (Phi) is 4.77. The van der Waals surface area contributed by atoms with Crippen LogP contribution in [-0.4, -0.2) is 35.0 Å². The third-order valence-electron chi connectivity index (χ3n) is 4.03. The number of likely N-dealkylation sites (tertiary alicyclic amines) is 1. The maximum atomic E-state index is 12.4. The van der Waals surface area contributed by atoms with Gasteiger partial charge in [0.05, 0.1) is 5.92 Å². The fourth-order valence-electron chi connectivity index (χ4n) is 2.75. The minimum atomic E-state index is -0.757. The van der Waals surface area contributed by atoms with Crippen molar-refractivity contribution in [3.8, 4) is 0 Å². The maximum Gasteiger partial charge on any atom is 0.303 e. The van der Waals surface area contributed by atoms with Crippen molar-refractivity contribution < 1.29 is 14.7 Å². The van der Waals surface area contributed by atoms with E-state index in [1.807, 2.05) is 42.2 Å². The van der Waals surface area contributed by atoms with Gasteiger partial charge >= 0.3 is 5.97 Å². The minimum absolute atomic E-state index is 0.130. The van der Waals surface area contributed by atoms with Crippen molar-refractivity contribution in [3.63, 3.8) is 0 Å². The highest BCUT2D eigenvalue weighted by Gasteiger charge is 2.29. The zero-order valence-corrected chi connectivity index (χ0v) is 11.8. The lowest BCUT2D eigenvalue weighted by Crippen LogP contribution is -2.32. The molecule has 20 heavy (non-hydrogen) atoms. The summed E-state index contributed by atoms with van der Waals surface area (Å²) in [7, 11) is 0. The summed E-state index contributed by atoms with van der Waals surface area (Å²) >= 11 is 0. The molecule has 1 aromatic carbocycles. The van der Waals surface area contributed by atoms with Crippen LogP contribution in [0.3, 0.4) is 0 Å². The van der Waals surface area contributed by atoms with Crippen LogP contribution < -0.4 is 0 Å². The summed E-state index contributed by atoms with van der Waals surface area (Å²) in [6, 6.07) is 9.77. The molecule has 2 unspecified atom stereocenters. The van der Waals surface area contributed by atoms with Crippen LogP contribution in [0.25, 0.3) is 0 Å². The van der Waals surface area contributed by atoms with Gasteiger partial charge in [-0.25, -0.2) is 0 Å². The summed E-state index contributed by atoms with van der Waals surface area (Å²) in [5.41, 5.74) is 1.03. The molecule has 0 aromatic heterocycles. The molecule has 1 saturated heterocycles. The van der Waals surface area contributed by atoms with Crippen LogP contribution in [0.4, 0.5) is 0 Å². The van der Waals surface area contributed by atoms with E-state index in [2.05, 4.69) is 0 Å². The second kappa shape index (κ2) is 6.55. The van der Waals surface area contributed by atoms with E-state index in [1.54, 1.807) is 0 Å². The number of carbonyl (C=O) groups is 2. The molecule has 0 aliphatic carbocycles. The summed E-state index contributed by atoms with van der Waals surface area (Å²) in [5.74, 6) is -0.408. The number of benzene rings is 1. The fourth-order valence-corrected chi connectivity index (χ4v) is 2.75. The van der Waals surface area contributed by atoms with Gasteiger partial charge in [-0.05, 0) is 31.2 Å². The quantitative estimate of drug-likeness (QED) is 0.898. The number of aliphatic carboxylic acids is 1. The average Bonchev–Trinajstić information content (AvgIpc) is 2.93. The monoisotopic (exact) mass is 275 g/mol. The number of nitrogens with zero attached hydrogens (tertiary/aromatic N) is 1. The van der Waals surface area contributed by atoms with E-state index in [0.717, 1.165) is 18.5 Å². The molecule has 0 bridgehead atoms. The summed E-state index contributed by atoms with van der Waals surface area (Å²) in [6.45, 7) is 3.38. The van der Waals surface area contributed by atoms with Crippen molar-refractivity contribution in [3.05, 3.63) is 35.9 Å². The van der Waals surface area contributed by atoms with Gasteiger partial charge in [-0.15, -0.1) is 0 Å². The number of rotatable bonds is 5. The molecule has 0 spiro atoms. The third-order valence-corrected chi connectivity index (χ3v) is 4.03. The lowest BCUT2D eigenvalue weighted by Gasteiger charge is -2.21. The maximum absolute atomic E-state index is 12.4. The van der Waals surface area contributed by atoms with Crippen molar-refractivity contribution in [1.29, 1.82) is 0 Å². The molecular formula is C16H21NO3. The first kappa shape index (κ1) is 14.6. The lowest BCUT2D eigenvalue weighted by atomic mass is 10.00. The van der Waals surface area contributed by atoms with Gasteiger partial charge < -0.3 is 10.0 Å². The molecule has 1 aliphatic rings. The number of hydrogen-bond donors (Lipinski definition) is 1. The van der Waals surface area contributed by atoms with Crippen molar-refractivity contribution in [2.45, 2.75) is 32.1 Å². The molecule has 0 radical (unpaired) electrons. The molecule has 4 heteroatoms. The predicted octanol–water partition coefficient (Wildman–Crippen LogP) is 2.50. The highest BCUT2D eigenvalue weighted by Crippen LogP contribution is 2.25. The first-order valence-corrected chi connectivity index (χ1v) is 7.13. The zero-order chi connectivity index (χ0) is 14.5. The summed E-state index contributed by atoms with van der Waals surface area (Å²) in [4.78, 5) is 24.9. The number of amides is 1. The van der Waals surface area contributed by atoms with Gasteiger partial charge in [-0.2, -0.15) is 0 Å². The Labute approximate surface area is 119 Å². The van der Waals surface area contributed by atoms with Crippen LogP contribution in [0.2, 0.25) is 0 Å². The summed E-state index contributed by atoms with van der Waals surface area (Å²) in [6.07, 6.45) is 1.78. The van der Waals surface area contributed by atoms with Crippen molar-refractivity contribution in [1.82, 2.24) is 4.90 Å². The van der Waals surface area contributed by atoms with Crippen LogP contribution in [0, 0.1) is 5.92 Å². The molecule has 4 nitrogen and oxygen atoms in total. The number of hydrogen-bond acceptors (Lipinski definition) is 2. The molecule has 0 saturated carbocycles. The Morgan fingerprint density at radius 1 is 1.35 bits per heavy atom. The smallest absolute Gasteiger partial charge is 0.303 e. The van der Waals surface area contributed by atoms with E-state index in [1.165, 1.54) is 0 Å². The highest BCUT2D eigenvalue weighted by atomic mass is 16.4. The van der Waals surface area contributed by atoms with Crippen LogP contribution in [0.5, 0.6) is 0 Å². The lowest BCUT2D eigenvalue weighted by molar-refractivity contribution is -0.137. The topological polar surface area (TPSA) is 57.6 Å². The first-order valence-electron chi connectivity index (χ1n) is 7.13. The molecule has 1 aromatic rings. The summed E-state index contributed by atoms with van der Waals surface area (Å²) in [5, 5.41) is 8.71. The van der Waals surface area contributed by atoms with Crippen LogP contribution in [0.1, 0.15) is 37.7 Å². The molecule has 2 atom stereocenters. The minimum Gasteiger partial charge on any atom is -0.481 e. The largest absolute Gasteiger partial charge is 0.481 e. The second-order valence-electron chi connectivity index (χ2n) is 5.50. The molecule has 108 valence electrons. The third kappa shape index (κ3) is 3.59. The van der Waals surface area contributed by atoms with E-state index >= 15 is 0 Å². The Morgan fingerprint density at radius 2 is 2.05 bits per heavy atom.